The van der Waals surface area contributed by atoms with Gasteiger partial charge in [-0.15, -0.1) is 0 Å². The van der Waals surface area contributed by atoms with Gasteiger partial charge in [0, 0.05) is 0 Å². The molecule has 0 saturated heterocycles. The van der Waals surface area contributed by atoms with E-state index in [2.05, 4.69) is 10.0 Å². The molecule has 0 radical (unpaired) electrons. The summed E-state index contributed by atoms with van der Waals surface area (Å²) in [5.41, 5.74) is 0.160. The molecule has 20 heavy (non-hydrogen) atoms. The first-order chi connectivity index (χ1) is 9.35. The summed E-state index contributed by atoms with van der Waals surface area (Å²) in [6.45, 7) is 3.62. The third kappa shape index (κ3) is 5.83. The van der Waals surface area contributed by atoms with Crippen LogP contribution in [0.5, 0.6) is 0 Å². The first-order valence-corrected chi connectivity index (χ1v) is 8.62. The highest BCUT2D eigenvalue weighted by molar-refractivity contribution is 7.92. The highest BCUT2D eigenvalue weighted by atomic mass is 35.5. The Morgan fingerprint density at radius 3 is 2.35 bits per heavy atom. The van der Waals surface area contributed by atoms with Crippen molar-refractivity contribution >= 4 is 38.9 Å². The highest BCUT2D eigenvalue weighted by Crippen LogP contribution is 2.27. The van der Waals surface area contributed by atoms with Gasteiger partial charge >= 0.3 is 0 Å². The van der Waals surface area contributed by atoms with E-state index >= 15 is 0 Å². The molecule has 8 heteroatoms. The Kier molecular flexibility index (Phi) is 7.02. The molecule has 114 valence electrons. The number of anilines is 1. The van der Waals surface area contributed by atoms with Gasteiger partial charge in [0.15, 0.2) is 5.82 Å². The largest absolute Gasteiger partial charge is 0.317 e. The van der Waals surface area contributed by atoms with E-state index in [0.717, 1.165) is 19.5 Å². The van der Waals surface area contributed by atoms with Crippen LogP contribution in [0.3, 0.4) is 0 Å². The van der Waals surface area contributed by atoms with Crippen molar-refractivity contribution in [1.29, 1.82) is 0 Å². The van der Waals surface area contributed by atoms with Crippen molar-refractivity contribution in [2.45, 2.75) is 19.8 Å². The standard InChI is InChI=1S/C12H17Cl2FN2O2S/c1-2-16-5-3-4-6-20(18,19)17-9-7-10(13)12(15)11(14)8-9/h7-8,16-17H,2-6H2,1H3. The van der Waals surface area contributed by atoms with Crippen LogP contribution in [0.15, 0.2) is 12.1 Å². The normalized spacial score (nSPS) is 11.6. The first kappa shape index (κ1) is 17.5. The van der Waals surface area contributed by atoms with Gasteiger partial charge in [0.05, 0.1) is 21.5 Å². The maximum Gasteiger partial charge on any atom is 0.232 e. The van der Waals surface area contributed by atoms with E-state index < -0.39 is 15.8 Å². The Hall–Kier alpha value is -0.560. The molecule has 0 saturated carbocycles. The van der Waals surface area contributed by atoms with E-state index in [1.807, 2.05) is 6.92 Å². The predicted molar refractivity (Wildman–Crippen MR) is 81.6 cm³/mol. The lowest BCUT2D eigenvalue weighted by Crippen LogP contribution is -2.19. The average molecular weight is 343 g/mol. The lowest BCUT2D eigenvalue weighted by molar-refractivity contribution is 0.593. The number of sulfonamides is 1. The topological polar surface area (TPSA) is 58.2 Å². The summed E-state index contributed by atoms with van der Waals surface area (Å²) in [5.74, 6) is -0.771. The fraction of sp³-hybridized carbons (Fsp3) is 0.500. The summed E-state index contributed by atoms with van der Waals surface area (Å²) in [7, 11) is -3.49. The van der Waals surface area contributed by atoms with Crippen molar-refractivity contribution in [1.82, 2.24) is 5.32 Å². The molecule has 0 amide bonds. The van der Waals surface area contributed by atoms with Gasteiger partial charge < -0.3 is 5.32 Å². The second-order valence-electron chi connectivity index (χ2n) is 4.24. The number of benzene rings is 1. The highest BCUT2D eigenvalue weighted by Gasteiger charge is 2.13. The van der Waals surface area contributed by atoms with Crippen LogP contribution in [-0.2, 0) is 10.0 Å². The maximum absolute atomic E-state index is 13.2. The molecule has 0 unspecified atom stereocenters. The van der Waals surface area contributed by atoms with Crippen LogP contribution in [0.4, 0.5) is 10.1 Å². The van der Waals surface area contributed by atoms with Crippen molar-refractivity contribution in [3.63, 3.8) is 0 Å². The molecule has 0 fully saturated rings. The molecule has 4 nitrogen and oxygen atoms in total. The lowest BCUT2D eigenvalue weighted by atomic mass is 10.3. The molecule has 0 bridgehead atoms. The molecule has 0 heterocycles. The molecule has 2 N–H and O–H groups in total. The quantitative estimate of drug-likeness (QED) is 0.563. The molecule has 1 aromatic carbocycles. The molecule has 1 rings (SSSR count). The van der Waals surface area contributed by atoms with Gasteiger partial charge in [-0.05, 0) is 38.1 Å². The average Bonchev–Trinajstić information content (AvgIpc) is 2.35. The lowest BCUT2D eigenvalue weighted by Gasteiger charge is -2.09. The summed E-state index contributed by atoms with van der Waals surface area (Å²) in [4.78, 5) is 0. The van der Waals surface area contributed by atoms with E-state index in [1.165, 1.54) is 12.1 Å². The first-order valence-electron chi connectivity index (χ1n) is 6.21. The van der Waals surface area contributed by atoms with Crippen LogP contribution >= 0.6 is 23.2 Å². The molecule has 0 aliphatic heterocycles. The van der Waals surface area contributed by atoms with Crippen LogP contribution in [0.2, 0.25) is 10.0 Å². The number of halogens is 3. The Labute approximate surface area is 128 Å². The summed E-state index contributed by atoms with van der Waals surface area (Å²) in [5, 5.41) is 2.67. The van der Waals surface area contributed by atoms with Crippen molar-refractivity contribution in [2.24, 2.45) is 0 Å². The zero-order chi connectivity index (χ0) is 15.2. The molecular formula is C12H17Cl2FN2O2S. The van der Waals surface area contributed by atoms with Gasteiger partial charge in [-0.1, -0.05) is 30.1 Å². The van der Waals surface area contributed by atoms with E-state index in [4.69, 9.17) is 23.2 Å². The number of unbranched alkanes of at least 4 members (excludes halogenated alkanes) is 1. The summed E-state index contributed by atoms with van der Waals surface area (Å²) in [6.07, 6.45) is 1.30. The van der Waals surface area contributed by atoms with Crippen molar-refractivity contribution in [2.75, 3.05) is 23.6 Å². The van der Waals surface area contributed by atoms with Crippen LogP contribution < -0.4 is 10.0 Å². The van der Waals surface area contributed by atoms with Gasteiger partial charge in [0.2, 0.25) is 10.0 Å². The minimum absolute atomic E-state index is 0.00892. The monoisotopic (exact) mass is 342 g/mol. The fourth-order valence-corrected chi connectivity index (χ4v) is 3.21. The smallest absolute Gasteiger partial charge is 0.232 e. The molecule has 0 aliphatic rings. The number of hydrogen-bond donors (Lipinski definition) is 2. The summed E-state index contributed by atoms with van der Waals surface area (Å²) in [6, 6.07) is 2.39. The minimum atomic E-state index is -3.49. The molecule has 0 atom stereocenters. The van der Waals surface area contributed by atoms with E-state index in [1.54, 1.807) is 0 Å². The molecule has 0 aliphatic carbocycles. The molecule has 0 spiro atoms. The van der Waals surface area contributed by atoms with E-state index in [9.17, 15) is 12.8 Å². The number of hydrogen-bond acceptors (Lipinski definition) is 3. The fourth-order valence-electron chi connectivity index (χ4n) is 1.56. The second kappa shape index (κ2) is 8.02. The van der Waals surface area contributed by atoms with E-state index in [0.29, 0.717) is 6.42 Å². The van der Waals surface area contributed by atoms with Crippen LogP contribution in [-0.4, -0.2) is 27.3 Å². The number of nitrogens with one attached hydrogen (secondary N) is 2. The zero-order valence-corrected chi connectivity index (χ0v) is 13.4. The molecule has 0 aromatic heterocycles. The van der Waals surface area contributed by atoms with Gasteiger partial charge in [-0.25, -0.2) is 12.8 Å². The summed E-state index contributed by atoms with van der Waals surface area (Å²) >= 11 is 11.2. The Balaban J connectivity index is 2.58. The Morgan fingerprint density at radius 1 is 1.20 bits per heavy atom. The van der Waals surface area contributed by atoms with Crippen molar-refractivity contribution in [3.05, 3.63) is 28.0 Å². The van der Waals surface area contributed by atoms with Crippen LogP contribution in [0.1, 0.15) is 19.8 Å². The Morgan fingerprint density at radius 2 is 1.80 bits per heavy atom. The van der Waals surface area contributed by atoms with Crippen molar-refractivity contribution < 1.29 is 12.8 Å². The van der Waals surface area contributed by atoms with Gasteiger partial charge in [0.25, 0.3) is 0 Å². The zero-order valence-electron chi connectivity index (χ0n) is 11.0. The molecular weight excluding hydrogens is 326 g/mol. The third-order valence-corrected chi connectivity index (χ3v) is 4.45. The van der Waals surface area contributed by atoms with Gasteiger partial charge in [-0.2, -0.15) is 0 Å². The maximum atomic E-state index is 13.2. The second-order valence-corrected chi connectivity index (χ2v) is 6.89. The van der Waals surface area contributed by atoms with Gasteiger partial charge in [-0.3, -0.25) is 4.72 Å². The van der Waals surface area contributed by atoms with E-state index in [-0.39, 0.29) is 21.5 Å². The van der Waals surface area contributed by atoms with Crippen molar-refractivity contribution in [3.8, 4) is 0 Å². The predicted octanol–water partition coefficient (Wildman–Crippen LogP) is 3.26. The van der Waals surface area contributed by atoms with Gasteiger partial charge in [0.1, 0.15) is 0 Å². The molecule has 1 aromatic rings. The SMILES string of the molecule is CCNCCCCS(=O)(=O)Nc1cc(Cl)c(F)c(Cl)c1. The summed E-state index contributed by atoms with van der Waals surface area (Å²) < 4.78 is 39.2. The van der Waals surface area contributed by atoms with Crippen LogP contribution in [0, 0.1) is 5.82 Å². The third-order valence-electron chi connectivity index (χ3n) is 2.52. The number of rotatable bonds is 8. The van der Waals surface area contributed by atoms with Crippen LogP contribution in [0.25, 0.3) is 0 Å². The Bertz CT molecular complexity index is 529. The minimum Gasteiger partial charge on any atom is -0.317 e.